The first-order valence-electron chi connectivity index (χ1n) is 7.41. The molecular weight excluding hydrogens is 419 g/mol. The van der Waals surface area contributed by atoms with Gasteiger partial charge in [0.1, 0.15) is 19.0 Å². The molecule has 2 aromatic heterocycles. The molecule has 0 aliphatic heterocycles. The molecule has 0 aliphatic carbocycles. The number of nitrogen functional groups attached to an aromatic ring is 4. The van der Waals surface area contributed by atoms with Gasteiger partial charge in [0, 0.05) is 6.07 Å². The molecule has 0 saturated carbocycles. The smallest absolute Gasteiger partial charge is 0.475 e. The van der Waals surface area contributed by atoms with Crippen molar-refractivity contribution in [1.82, 2.24) is 19.9 Å². The van der Waals surface area contributed by atoms with Crippen molar-refractivity contribution in [2.45, 2.75) is 0 Å². The maximum absolute atomic E-state index is 10.3. The first-order chi connectivity index (χ1) is 13.8. The van der Waals surface area contributed by atoms with E-state index in [1.807, 2.05) is 0 Å². The van der Waals surface area contributed by atoms with Crippen LogP contribution in [0.4, 0.5) is 29.2 Å². The molecule has 0 aliphatic rings. The molecule has 0 fully saturated rings. The topological polar surface area (TPSA) is 296 Å². The Bertz CT molecular complexity index is 765. The summed E-state index contributed by atoms with van der Waals surface area (Å²) < 4.78 is 9.84. The number of anilines is 4. The van der Waals surface area contributed by atoms with Crippen molar-refractivity contribution >= 4 is 29.2 Å². The molecule has 0 atom stereocenters. The molecule has 0 radical (unpaired) electrons. The second kappa shape index (κ2) is 16.8. The zero-order valence-corrected chi connectivity index (χ0v) is 17.8. The quantitative estimate of drug-likeness (QED) is 0.135. The summed E-state index contributed by atoms with van der Waals surface area (Å²) in [4.78, 5) is 32.8. The van der Waals surface area contributed by atoms with Crippen molar-refractivity contribution in [3.05, 3.63) is 21.1 Å². The minimum absolute atomic E-state index is 0. The van der Waals surface area contributed by atoms with E-state index < -0.39 is 0 Å². The third-order valence-electron chi connectivity index (χ3n) is 2.40. The molecule has 2 heterocycles. The van der Waals surface area contributed by atoms with Crippen LogP contribution in [0.1, 0.15) is 0 Å². The minimum Gasteiger partial charge on any atom is -0.475 e. The number of hydrogen-bond donors (Lipinski definition) is 6. The van der Waals surface area contributed by atoms with Crippen molar-refractivity contribution in [3.8, 4) is 11.8 Å². The van der Waals surface area contributed by atoms with Crippen LogP contribution in [-0.4, -0.2) is 56.6 Å². The van der Waals surface area contributed by atoms with E-state index in [-0.39, 0.29) is 97.0 Å². The van der Waals surface area contributed by atoms with Crippen molar-refractivity contribution in [2.24, 2.45) is 10.5 Å². The van der Waals surface area contributed by atoms with Crippen LogP contribution in [0.15, 0.2) is 16.6 Å². The van der Waals surface area contributed by atoms with Crippen molar-refractivity contribution in [3.63, 3.8) is 0 Å². The number of rotatable bonds is 7. The largest absolute Gasteiger partial charge is 1.00 e. The summed E-state index contributed by atoms with van der Waals surface area (Å²) in [7, 11) is 0. The Morgan fingerprint density at radius 1 is 0.933 bits per heavy atom. The number of aliphatic hydroxyl groups is 2. The molecule has 0 unspecified atom stereocenters. The molecule has 18 heteroatoms. The molecule has 0 spiro atoms. The number of nitroso groups, excluding NO2 is 1. The van der Waals surface area contributed by atoms with Crippen LogP contribution >= 0.6 is 0 Å². The molecule has 0 amide bonds. The Balaban J connectivity index is 0. The zero-order chi connectivity index (χ0) is 22.2. The average molecular weight is 438 g/mol. The number of nitrogens with two attached hydrogens (primary N) is 4. The Morgan fingerprint density at radius 3 is 1.97 bits per heavy atom. The number of hydrogen-bond acceptors (Lipinski definition) is 17. The van der Waals surface area contributed by atoms with Gasteiger partial charge in [0.15, 0.2) is 5.82 Å². The van der Waals surface area contributed by atoms with Gasteiger partial charge in [-0.05, 0) is 5.18 Å². The summed E-state index contributed by atoms with van der Waals surface area (Å²) in [6.07, 6.45) is 0. The van der Waals surface area contributed by atoms with Gasteiger partial charge in [0.2, 0.25) is 23.5 Å². The van der Waals surface area contributed by atoms with Crippen molar-refractivity contribution in [1.29, 1.82) is 0 Å². The van der Waals surface area contributed by atoms with E-state index in [0.717, 1.165) is 5.34 Å². The third-order valence-corrected chi connectivity index (χ3v) is 2.40. The second-order valence-corrected chi connectivity index (χ2v) is 4.42. The van der Waals surface area contributed by atoms with Gasteiger partial charge >= 0.3 is 29.6 Å². The number of aromatic nitrogens is 4. The third kappa shape index (κ3) is 11.7. The first kappa shape index (κ1) is 29.1. The molecule has 17 nitrogen and oxygen atoms in total. The fraction of sp³-hybridized carbons (Fsp3) is 0.333. The average Bonchev–Trinajstić information content (AvgIpc) is 2.65. The van der Waals surface area contributed by atoms with Crippen LogP contribution in [-0.2, 0) is 0 Å². The molecule has 0 aromatic carbocycles. The van der Waals surface area contributed by atoms with E-state index in [4.69, 9.17) is 52.7 Å². The van der Waals surface area contributed by atoms with E-state index in [1.54, 1.807) is 0 Å². The number of aliphatic hydroxyl groups excluding tert-OH is 2. The zero-order valence-electron chi connectivity index (χ0n) is 15.8. The normalized spacial score (nSPS) is 8.87. The van der Waals surface area contributed by atoms with Gasteiger partial charge in [-0.2, -0.15) is 19.9 Å². The Labute approximate surface area is 191 Å². The molecule has 0 saturated heterocycles. The van der Waals surface area contributed by atoms with Gasteiger partial charge in [0.05, 0.1) is 13.2 Å². The van der Waals surface area contributed by atoms with Crippen LogP contribution < -0.4 is 62.0 Å². The SMILES string of the molecule is Nc1cc(OCCO)nc(N)n1.Nc1nc(N)c(N=O)c(OCCO)n1.O=N[O-].[Na+]. The summed E-state index contributed by atoms with van der Waals surface area (Å²) in [6, 6.07) is 1.44. The minimum atomic E-state index is -0.220. The van der Waals surface area contributed by atoms with Gasteiger partial charge < -0.3 is 52.7 Å². The second-order valence-electron chi connectivity index (χ2n) is 4.42. The molecule has 10 N–H and O–H groups in total. The molecule has 160 valence electrons. The summed E-state index contributed by atoms with van der Waals surface area (Å²) in [6.45, 7) is -0.166. The van der Waals surface area contributed by atoms with Crippen molar-refractivity contribution < 1.29 is 49.2 Å². The van der Waals surface area contributed by atoms with Gasteiger partial charge in [-0.15, -0.1) is 10.2 Å². The van der Waals surface area contributed by atoms with Crippen LogP contribution in [0.2, 0.25) is 0 Å². The van der Waals surface area contributed by atoms with Crippen LogP contribution in [0.25, 0.3) is 0 Å². The van der Waals surface area contributed by atoms with Crippen LogP contribution in [0.3, 0.4) is 0 Å². The molecular formula is C12H19N10NaO7. The Kier molecular flexibility index (Phi) is 16.3. The van der Waals surface area contributed by atoms with E-state index in [9.17, 15) is 4.91 Å². The number of nitrogens with zero attached hydrogens (tertiary/aromatic N) is 6. The fourth-order valence-corrected chi connectivity index (χ4v) is 1.48. The maximum atomic E-state index is 10.3. The summed E-state index contributed by atoms with van der Waals surface area (Å²) in [5.74, 6) is 0.176. The summed E-state index contributed by atoms with van der Waals surface area (Å²) in [5.41, 5.74) is 21.0. The summed E-state index contributed by atoms with van der Waals surface area (Å²) >= 11 is 0. The van der Waals surface area contributed by atoms with E-state index in [1.165, 1.54) is 6.07 Å². The van der Waals surface area contributed by atoms with Crippen LogP contribution in [0.5, 0.6) is 11.8 Å². The molecule has 30 heavy (non-hydrogen) atoms. The Hall–Kier alpha value is -3.12. The molecule has 0 bridgehead atoms. The predicted molar refractivity (Wildman–Crippen MR) is 101 cm³/mol. The van der Waals surface area contributed by atoms with Gasteiger partial charge in [-0.25, -0.2) is 0 Å². The van der Waals surface area contributed by atoms with E-state index >= 15 is 0 Å². The molecule has 2 rings (SSSR count). The van der Waals surface area contributed by atoms with E-state index in [2.05, 4.69) is 25.1 Å². The summed E-state index contributed by atoms with van der Waals surface area (Å²) in [5, 5.41) is 28.5. The van der Waals surface area contributed by atoms with E-state index in [0.29, 0.717) is 0 Å². The van der Waals surface area contributed by atoms with Gasteiger partial charge in [-0.1, -0.05) is 0 Å². The first-order valence-corrected chi connectivity index (χ1v) is 7.41. The van der Waals surface area contributed by atoms with Gasteiger partial charge in [-0.3, -0.25) is 0 Å². The maximum Gasteiger partial charge on any atom is 1.00 e. The van der Waals surface area contributed by atoms with Gasteiger partial charge in [0.25, 0.3) is 5.88 Å². The fourth-order valence-electron chi connectivity index (χ4n) is 1.48. The van der Waals surface area contributed by atoms with Crippen LogP contribution in [0, 0.1) is 15.0 Å². The monoisotopic (exact) mass is 438 g/mol. The number of ether oxygens (including phenoxy) is 2. The standard InChI is InChI=1S/C6H9N5O3.C6H10N4O2.HNO2.Na/c7-4-3(11-13)5(14-2-1-12)10-6(8)9-4;7-4-3-5(12-2-1-11)10-6(8)9-4;2-1-3;/h12H,1-2H2,(H4,7,8,9,10);3,11H,1-2H2,(H4,7,8,9,10);(H,2,3);/q;;;+1/p-1. The Morgan fingerprint density at radius 2 is 1.47 bits per heavy atom. The predicted octanol–water partition coefficient (Wildman–Crippen LogP) is -4.32. The molecule has 2 aromatic rings. The van der Waals surface area contributed by atoms with Crippen molar-refractivity contribution in [2.75, 3.05) is 49.4 Å².